The van der Waals surface area contributed by atoms with Crippen LogP contribution in [0.25, 0.3) is 0 Å². The third kappa shape index (κ3) is 10.8. The van der Waals surface area contributed by atoms with Gasteiger partial charge in [0, 0.05) is 6.42 Å². The Morgan fingerprint density at radius 3 is 2.10 bits per heavy atom. The minimum absolute atomic E-state index is 0. The van der Waals surface area contributed by atoms with Crippen molar-refractivity contribution in [1.82, 2.24) is 0 Å². The molecular weight excluding hydrogens is 158 g/mol. The van der Waals surface area contributed by atoms with Crippen LogP contribution in [0.2, 0.25) is 0 Å². The monoisotopic (exact) mass is 169 g/mol. The minimum atomic E-state index is -1.94. The van der Waals surface area contributed by atoms with Gasteiger partial charge < -0.3 is 12.4 Å². The maximum atomic E-state index is 8.26. The number of hydrogen-bond donors (Lipinski definition) is 3. The highest BCUT2D eigenvalue weighted by Crippen LogP contribution is 1.95. The normalized spacial score (nSPS) is 10.3. The van der Waals surface area contributed by atoms with Crippen LogP contribution in [-0.2, 0) is 0 Å². The second-order valence-corrected chi connectivity index (χ2v) is 1.85. The van der Waals surface area contributed by atoms with Gasteiger partial charge in [-0.25, -0.2) is 0 Å². The molecule has 0 aliphatic rings. The lowest BCUT2D eigenvalue weighted by molar-refractivity contribution is -1.37. The second-order valence-electron chi connectivity index (χ2n) is 1.85. The number of quaternary nitrogens is 1. The van der Waals surface area contributed by atoms with E-state index < -0.39 is 4.97 Å². The van der Waals surface area contributed by atoms with Crippen molar-refractivity contribution in [3.8, 4) is 0 Å². The third-order valence-electron chi connectivity index (χ3n) is 0.866. The topological polar surface area (TPSA) is 60.7 Å². The van der Waals surface area contributed by atoms with Gasteiger partial charge >= 0.3 is 0 Å². The van der Waals surface area contributed by atoms with Gasteiger partial charge in [-0.05, 0) is 6.42 Å². The van der Waals surface area contributed by atoms with Crippen LogP contribution in [0.5, 0.6) is 0 Å². The summed E-state index contributed by atoms with van der Waals surface area (Å²) in [5.41, 5.74) is 0. The zero-order valence-corrected chi connectivity index (χ0v) is 6.33. The number of unbranched alkanes of at least 4 members (excludes halogenated alkanes) is 1. The molecule has 0 fully saturated rings. The number of halogens is 1. The maximum Gasteiger partial charge on any atom is 0.177 e. The first-order valence-electron chi connectivity index (χ1n) is 2.73. The molecule has 10 heavy (non-hydrogen) atoms. The highest BCUT2D eigenvalue weighted by molar-refractivity contribution is 4.64. The summed E-state index contributed by atoms with van der Waals surface area (Å²) in [4.78, 5) is -1.94. The fourth-order valence-electron chi connectivity index (χ4n) is 0.448. The van der Waals surface area contributed by atoms with E-state index in [1.807, 2.05) is 0 Å². The summed E-state index contributed by atoms with van der Waals surface area (Å²) in [6.07, 6.45) is 2.82. The molecule has 3 N–H and O–H groups in total. The third-order valence-corrected chi connectivity index (χ3v) is 0.866. The Morgan fingerprint density at radius 1 is 1.30 bits per heavy atom. The average Bonchev–Trinajstić information content (AvgIpc) is 1.63. The van der Waals surface area contributed by atoms with Gasteiger partial charge in [0.15, 0.2) is 6.54 Å². The van der Waals surface area contributed by atoms with E-state index >= 15 is 0 Å². The number of nitrogens with zero attached hydrogens (tertiary/aromatic N) is 1. The molecule has 0 amide bonds. The Labute approximate surface area is 65.9 Å². The highest BCUT2D eigenvalue weighted by atomic mass is 35.5. The molecule has 0 bridgehead atoms. The van der Waals surface area contributed by atoms with Crippen molar-refractivity contribution in [3.63, 3.8) is 0 Å². The summed E-state index contributed by atoms with van der Waals surface area (Å²) in [5, 5.41) is 24.8. The molecule has 62 valence electrons. The zero-order valence-electron chi connectivity index (χ0n) is 5.57. The van der Waals surface area contributed by atoms with Gasteiger partial charge in [-0.1, -0.05) is 6.08 Å². The van der Waals surface area contributed by atoms with Crippen molar-refractivity contribution < 1.29 is 33.0 Å². The quantitative estimate of drug-likeness (QED) is 0.196. The first kappa shape index (κ1) is 12.5. The highest BCUT2D eigenvalue weighted by Gasteiger charge is 2.15. The molecule has 0 spiro atoms. The lowest BCUT2D eigenvalue weighted by atomic mass is 10.3. The molecule has 4 nitrogen and oxygen atoms in total. The Balaban J connectivity index is 0. The second kappa shape index (κ2) is 5.64. The van der Waals surface area contributed by atoms with Gasteiger partial charge in [0.2, 0.25) is 0 Å². The van der Waals surface area contributed by atoms with Gasteiger partial charge in [0.25, 0.3) is 0 Å². The van der Waals surface area contributed by atoms with Crippen molar-refractivity contribution in [2.24, 2.45) is 0 Å². The number of allylic oxidation sites excluding steroid dienone is 1. The van der Waals surface area contributed by atoms with Gasteiger partial charge in [-0.2, -0.15) is 0 Å². The van der Waals surface area contributed by atoms with Crippen LogP contribution in [0.15, 0.2) is 12.7 Å². The van der Waals surface area contributed by atoms with E-state index in [1.54, 1.807) is 6.08 Å². The fraction of sp³-hybridized carbons (Fsp3) is 0.600. The lowest BCUT2D eigenvalue weighted by Gasteiger charge is -2.09. The minimum Gasteiger partial charge on any atom is -1.00 e. The molecule has 0 aliphatic carbocycles. The fourth-order valence-corrected chi connectivity index (χ4v) is 0.448. The Morgan fingerprint density at radius 2 is 1.80 bits per heavy atom. The summed E-state index contributed by atoms with van der Waals surface area (Å²) in [7, 11) is 0. The molecule has 0 aromatic heterocycles. The predicted octanol–water partition coefficient (Wildman–Crippen LogP) is -2.06. The van der Waals surface area contributed by atoms with Crippen molar-refractivity contribution in [1.29, 1.82) is 0 Å². The first-order valence-corrected chi connectivity index (χ1v) is 2.73. The number of hydrogen-bond acceptors (Lipinski definition) is 3. The molecule has 0 aromatic carbocycles. The van der Waals surface area contributed by atoms with Crippen molar-refractivity contribution in [3.05, 3.63) is 12.7 Å². The van der Waals surface area contributed by atoms with E-state index in [9.17, 15) is 0 Å². The van der Waals surface area contributed by atoms with Crippen LogP contribution in [0.3, 0.4) is 0 Å². The van der Waals surface area contributed by atoms with Crippen molar-refractivity contribution in [2.75, 3.05) is 6.54 Å². The standard InChI is InChI=1S/C5H12NO3.ClH/c1-2-3-4-5-6(7,8)9;/h2,7-9H,1,3-5H2;1H/q+1;/p-1. The molecule has 0 atom stereocenters. The number of rotatable bonds is 4. The number of hydroxylamine groups is 3. The van der Waals surface area contributed by atoms with Crippen LogP contribution < -0.4 is 12.4 Å². The molecule has 0 aromatic rings. The Kier molecular flexibility index (Phi) is 7.07. The molecule has 0 saturated carbocycles. The lowest BCUT2D eigenvalue weighted by Crippen LogP contribution is -3.00. The van der Waals surface area contributed by atoms with Crippen LogP contribution in [-0.4, -0.2) is 27.1 Å². The van der Waals surface area contributed by atoms with E-state index in [1.165, 1.54) is 0 Å². The Hall–Kier alpha value is -0.130. The molecular formula is C5H12ClNO3. The molecule has 0 heterocycles. The average molecular weight is 170 g/mol. The van der Waals surface area contributed by atoms with Gasteiger partial charge in [0.1, 0.15) is 0 Å². The van der Waals surface area contributed by atoms with E-state index in [2.05, 4.69) is 6.58 Å². The van der Waals surface area contributed by atoms with Crippen LogP contribution in [0, 0.1) is 0 Å². The van der Waals surface area contributed by atoms with Gasteiger partial charge in [-0.3, -0.25) is 0 Å². The molecule has 0 unspecified atom stereocenters. The molecule has 5 heteroatoms. The largest absolute Gasteiger partial charge is 1.00 e. The first-order chi connectivity index (χ1) is 4.06. The van der Waals surface area contributed by atoms with Crippen molar-refractivity contribution >= 4 is 0 Å². The summed E-state index contributed by atoms with van der Waals surface area (Å²) in [6.45, 7) is 3.34. The van der Waals surface area contributed by atoms with Crippen LogP contribution in [0.1, 0.15) is 12.8 Å². The smallest absolute Gasteiger partial charge is 0.177 e. The van der Waals surface area contributed by atoms with Crippen LogP contribution in [0.4, 0.5) is 0 Å². The van der Waals surface area contributed by atoms with Gasteiger partial charge in [0.05, 0.1) is 4.97 Å². The molecule has 0 rings (SSSR count). The van der Waals surface area contributed by atoms with Gasteiger partial charge in [-0.15, -0.1) is 22.2 Å². The maximum absolute atomic E-state index is 8.26. The van der Waals surface area contributed by atoms with E-state index in [0.29, 0.717) is 12.8 Å². The summed E-state index contributed by atoms with van der Waals surface area (Å²) in [6, 6.07) is 0. The summed E-state index contributed by atoms with van der Waals surface area (Å²) in [5.74, 6) is 0. The van der Waals surface area contributed by atoms with E-state index in [0.717, 1.165) is 0 Å². The predicted molar refractivity (Wildman–Crippen MR) is 29.9 cm³/mol. The zero-order chi connectivity index (χ0) is 7.33. The van der Waals surface area contributed by atoms with E-state index in [-0.39, 0.29) is 19.0 Å². The molecule has 0 saturated heterocycles. The SMILES string of the molecule is C=CCCC[N+](O)(O)O.[Cl-]. The summed E-state index contributed by atoms with van der Waals surface area (Å²) >= 11 is 0. The Bertz CT molecular complexity index is 91.4. The van der Waals surface area contributed by atoms with E-state index in [4.69, 9.17) is 15.6 Å². The van der Waals surface area contributed by atoms with Crippen molar-refractivity contribution in [2.45, 2.75) is 12.8 Å². The molecule has 0 aliphatic heterocycles. The van der Waals surface area contributed by atoms with Crippen LogP contribution >= 0.6 is 0 Å². The summed E-state index contributed by atoms with van der Waals surface area (Å²) < 4.78 is 0. The molecule has 0 radical (unpaired) electrons.